The summed E-state index contributed by atoms with van der Waals surface area (Å²) in [6.07, 6.45) is 15.9. The van der Waals surface area contributed by atoms with Gasteiger partial charge in [-0.3, -0.25) is 0 Å². The Bertz CT molecular complexity index is 3070. The van der Waals surface area contributed by atoms with E-state index in [4.69, 9.17) is 9.47 Å². The van der Waals surface area contributed by atoms with Gasteiger partial charge < -0.3 is 46.3 Å². The van der Waals surface area contributed by atoms with Crippen LogP contribution in [0.4, 0.5) is 0 Å². The number of benzene rings is 4. The second kappa shape index (κ2) is 22.1. The number of piperidine rings is 1. The first-order valence-electron chi connectivity index (χ1n) is 29.6. The molecule has 0 unspecified atom stereocenters. The van der Waals surface area contributed by atoms with Gasteiger partial charge in [-0.2, -0.15) is 0 Å². The number of carbonyl (C=O) groups excluding carboxylic acids is 2. The van der Waals surface area contributed by atoms with E-state index >= 15 is 9.59 Å². The summed E-state index contributed by atoms with van der Waals surface area (Å²) in [6, 6.07) is 32.1. The topological polar surface area (TPSA) is 153 Å². The first-order valence-corrected chi connectivity index (χ1v) is 29.6. The van der Waals surface area contributed by atoms with Crippen LogP contribution in [0.5, 0.6) is 5.75 Å². The van der Waals surface area contributed by atoms with Crippen molar-refractivity contribution < 1.29 is 29.3 Å². The molecule has 5 heterocycles. The third kappa shape index (κ3) is 9.74. The van der Waals surface area contributed by atoms with Crippen LogP contribution in [0, 0.1) is 46.3 Å². The number of phenols is 1. The van der Waals surface area contributed by atoms with Crippen molar-refractivity contribution >= 4 is 17.5 Å². The van der Waals surface area contributed by atoms with Crippen molar-refractivity contribution in [2.24, 2.45) is 46.3 Å². The fraction of sp³-hybridized carbons (Fsp3) is 0.493. The number of fused-ring (bicyclic) bond motifs is 5. The van der Waals surface area contributed by atoms with E-state index in [1.807, 2.05) is 32.2 Å². The Hall–Kier alpha value is -5.66. The number of allylic oxidation sites excluding steroid dienone is 5. The molecule has 10 aliphatic rings. The standard InChI is InChI=1S/C67H81N5O6/c1-5-41(28-42-10-7-6-8-11-42)33-57-67-25-19-52-53-16-17-54-56(77-64(75)60(54)61(53)67)20-24-66(49-22-27-71-58(34-49)69-4)23-18-47(36-66)63(72-37-40(2)73)48-30-43(29-45(32-48)38-68-3)21-26-70-39-44-12-9-13-46(31-44)51-15-14-50(74)35-55(51)59(52)62(67)65(76)78-57/h6-15,20,29-33,35,40-41,47,49,52-53,58,61,63,68-74H,5,16-19,21-28,34,36-39H2,1-4H3/b56-20?,57-33-/t40-,41-,47-,49+,52+,53-,58-,61+,63-,66+,67+/m0/s1. The van der Waals surface area contributed by atoms with Crippen LogP contribution in [-0.2, 0) is 45.0 Å². The number of ether oxygens (including phenoxy) is 2. The maximum absolute atomic E-state index is 15.3. The summed E-state index contributed by atoms with van der Waals surface area (Å²) in [5, 5.41) is 40.7. The molecule has 11 nitrogen and oxygen atoms in total. The van der Waals surface area contributed by atoms with Gasteiger partial charge in [0.1, 0.15) is 17.3 Å². The Kier molecular flexibility index (Phi) is 15.0. The van der Waals surface area contributed by atoms with Crippen molar-refractivity contribution in [3.63, 3.8) is 0 Å². The summed E-state index contributed by atoms with van der Waals surface area (Å²) in [6.45, 7) is 7.75. The van der Waals surface area contributed by atoms with Crippen LogP contribution in [0.1, 0.15) is 124 Å². The third-order valence-corrected chi connectivity index (χ3v) is 20.0. The highest BCUT2D eigenvalue weighted by Gasteiger charge is 2.68. The van der Waals surface area contributed by atoms with Crippen molar-refractivity contribution in [1.29, 1.82) is 0 Å². The molecule has 2 saturated heterocycles. The van der Waals surface area contributed by atoms with Crippen molar-refractivity contribution in [3.8, 4) is 16.9 Å². The lowest BCUT2D eigenvalue weighted by Crippen LogP contribution is -2.52. The van der Waals surface area contributed by atoms with Gasteiger partial charge in [0.15, 0.2) is 0 Å². The van der Waals surface area contributed by atoms with Crippen LogP contribution in [0.2, 0.25) is 0 Å². The summed E-state index contributed by atoms with van der Waals surface area (Å²) in [4.78, 5) is 30.4. The molecule has 78 heavy (non-hydrogen) atoms. The lowest BCUT2D eigenvalue weighted by molar-refractivity contribution is -0.135. The summed E-state index contributed by atoms with van der Waals surface area (Å²) in [5.41, 5.74) is 11.5. The van der Waals surface area contributed by atoms with E-state index < -0.39 is 11.5 Å². The molecule has 4 aromatic rings. The van der Waals surface area contributed by atoms with Gasteiger partial charge in [-0.05, 0) is 233 Å². The SMILES string of the molecule is CC[C@H](/C=C1\OC(=O)C2=C3c4cc(O)ccc4-c4cccc(c4)CNCCc4cc(CNC)cc(c4)[C@@H](NC[C@H](C)O)[C@H]4CC[C@@]([C@@H]5CCN[C@H](NC)C5)(CC=C5OC(=O)C6=C5CC[C@H]5[C@H]3CC[C@@]21[C@@H]65)C4)Cc1ccccc1. The number of aliphatic hydroxyl groups excluding tert-OH is 1. The predicted molar refractivity (Wildman–Crippen MR) is 306 cm³/mol. The van der Waals surface area contributed by atoms with Crippen LogP contribution in [-0.4, -0.2) is 68.2 Å². The average Bonchev–Trinajstić information content (AvgIpc) is 3.97. The number of aromatic hydroxyl groups is 1. The average molecular weight is 1050 g/mol. The Morgan fingerprint density at radius 3 is 2.54 bits per heavy atom. The molecule has 2 saturated carbocycles. The minimum absolute atomic E-state index is 0.0413. The number of phenolic OH excluding ortho intramolecular Hbond substituents is 1. The van der Waals surface area contributed by atoms with Gasteiger partial charge in [-0.15, -0.1) is 0 Å². The molecule has 4 aromatic carbocycles. The van der Waals surface area contributed by atoms with Crippen LogP contribution in [0.25, 0.3) is 16.7 Å². The first kappa shape index (κ1) is 53.0. The van der Waals surface area contributed by atoms with E-state index in [0.29, 0.717) is 54.9 Å². The number of esters is 2. The van der Waals surface area contributed by atoms with Gasteiger partial charge in [0, 0.05) is 42.7 Å². The summed E-state index contributed by atoms with van der Waals surface area (Å²) < 4.78 is 13.4. The molecule has 7 N–H and O–H groups in total. The largest absolute Gasteiger partial charge is 0.508 e. The molecular weight excluding hydrogens is 971 g/mol. The Morgan fingerprint density at radius 1 is 0.846 bits per heavy atom. The number of rotatable bonds is 11. The molecule has 4 fully saturated rings. The van der Waals surface area contributed by atoms with Crippen LogP contribution in [0.3, 0.4) is 0 Å². The second-order valence-electron chi connectivity index (χ2n) is 24.5. The maximum atomic E-state index is 15.3. The highest BCUT2D eigenvalue weighted by atomic mass is 16.6. The molecule has 410 valence electrons. The molecule has 14 bridgehead atoms. The van der Waals surface area contributed by atoms with E-state index in [1.165, 1.54) is 22.3 Å². The maximum Gasteiger partial charge on any atom is 0.340 e. The minimum Gasteiger partial charge on any atom is -0.508 e. The quantitative estimate of drug-likeness (QED) is 0.0719. The van der Waals surface area contributed by atoms with Crippen molar-refractivity contribution in [3.05, 3.63) is 165 Å². The smallest absolute Gasteiger partial charge is 0.340 e. The molecule has 11 heteroatoms. The molecule has 5 aliphatic carbocycles. The van der Waals surface area contributed by atoms with Crippen molar-refractivity contribution in [1.82, 2.24) is 26.6 Å². The van der Waals surface area contributed by atoms with Crippen molar-refractivity contribution in [2.75, 3.05) is 33.7 Å². The number of nitrogens with one attached hydrogen (secondary N) is 5. The van der Waals surface area contributed by atoms with Crippen LogP contribution < -0.4 is 26.6 Å². The Morgan fingerprint density at radius 2 is 1.72 bits per heavy atom. The van der Waals surface area contributed by atoms with Gasteiger partial charge in [0.05, 0.1) is 23.3 Å². The first-order chi connectivity index (χ1) is 38.0. The zero-order valence-electron chi connectivity index (χ0n) is 46.3. The van der Waals surface area contributed by atoms with Gasteiger partial charge in [-0.25, -0.2) is 9.59 Å². The van der Waals surface area contributed by atoms with Gasteiger partial charge in [0.25, 0.3) is 0 Å². The molecule has 11 atom stereocenters. The third-order valence-electron chi connectivity index (χ3n) is 20.0. The van der Waals surface area contributed by atoms with Gasteiger partial charge >= 0.3 is 11.9 Å². The van der Waals surface area contributed by atoms with Crippen LogP contribution >= 0.6 is 0 Å². The van der Waals surface area contributed by atoms with Crippen LogP contribution in [0.15, 0.2) is 131 Å². The van der Waals surface area contributed by atoms with E-state index in [2.05, 4.69) is 119 Å². The molecule has 0 radical (unpaired) electrons. The second-order valence-corrected chi connectivity index (χ2v) is 24.5. The minimum atomic E-state index is -0.888. The fourth-order valence-electron chi connectivity index (χ4n) is 16.5. The number of hydrogen-bond acceptors (Lipinski definition) is 11. The molecule has 0 amide bonds. The Labute approximate surface area is 461 Å². The number of carbonyl (C=O) groups is 2. The number of aliphatic hydroxyl groups is 1. The van der Waals surface area contributed by atoms with Gasteiger partial charge in [0.2, 0.25) is 0 Å². The molecule has 0 aromatic heterocycles. The summed E-state index contributed by atoms with van der Waals surface area (Å²) in [7, 11) is 4.07. The Balaban J connectivity index is 1.03. The lowest BCUT2D eigenvalue weighted by Gasteiger charge is -2.56. The zero-order valence-corrected chi connectivity index (χ0v) is 46.3. The van der Waals surface area contributed by atoms with E-state index in [1.54, 1.807) is 6.07 Å². The zero-order chi connectivity index (χ0) is 53.7. The summed E-state index contributed by atoms with van der Waals surface area (Å²) >= 11 is 0. The molecule has 1 spiro atoms. The summed E-state index contributed by atoms with van der Waals surface area (Å²) in [5.74, 6) is 1.50. The van der Waals surface area contributed by atoms with E-state index in [9.17, 15) is 10.2 Å². The highest BCUT2D eigenvalue weighted by Crippen LogP contribution is 2.72. The number of cyclic esters (lactones) is 1. The highest BCUT2D eigenvalue weighted by molar-refractivity contribution is 6.07. The lowest BCUT2D eigenvalue weighted by atomic mass is 9.44. The van der Waals surface area contributed by atoms with Crippen molar-refractivity contribution in [2.45, 2.75) is 129 Å². The monoisotopic (exact) mass is 1050 g/mol. The van der Waals surface area contributed by atoms with E-state index in [0.717, 1.165) is 129 Å². The predicted octanol–water partition coefficient (Wildman–Crippen LogP) is 10.5. The van der Waals surface area contributed by atoms with E-state index in [-0.39, 0.29) is 59.0 Å². The molecule has 5 aliphatic heterocycles. The molecule has 14 rings (SSSR count). The molecular formula is C67H81N5O6. The number of hydrogen-bond donors (Lipinski definition) is 7. The fourth-order valence-corrected chi connectivity index (χ4v) is 16.5. The van der Waals surface area contributed by atoms with Gasteiger partial charge in [-0.1, -0.05) is 79.7 Å². The normalized spacial score (nSPS) is 30.9.